The van der Waals surface area contributed by atoms with Crippen molar-refractivity contribution in [3.8, 4) is 6.07 Å². The molecule has 1 aliphatic heterocycles. The molecule has 5 nitrogen and oxygen atoms in total. The lowest BCUT2D eigenvalue weighted by Crippen LogP contribution is -2.27. The molecule has 3 aromatic rings. The third kappa shape index (κ3) is 4.73. The summed E-state index contributed by atoms with van der Waals surface area (Å²) < 4.78 is 0. The number of anilines is 2. The Kier molecular flexibility index (Phi) is 7.10. The SMILES string of the molecule is CCCCc1ccc(NC(=O)C(C#N)=C2C(=O)N(Cc3ccccc3Cl)c3ccccc32)cc1. The van der Waals surface area contributed by atoms with Gasteiger partial charge in [-0.1, -0.05) is 73.5 Å². The van der Waals surface area contributed by atoms with Gasteiger partial charge in [-0.15, -0.1) is 0 Å². The van der Waals surface area contributed by atoms with Gasteiger partial charge in [0.15, 0.2) is 0 Å². The second-order valence-electron chi connectivity index (χ2n) is 8.12. The molecule has 1 aliphatic rings. The number of nitriles is 1. The standard InChI is InChI=1S/C28H24ClN3O2/c1-2-3-8-19-13-15-21(16-14-19)31-27(33)23(17-30)26-22-10-5-7-12-25(22)32(28(26)34)18-20-9-4-6-11-24(20)29/h4-7,9-16H,2-3,8,18H2,1H3,(H,31,33). The van der Waals surface area contributed by atoms with Crippen LogP contribution in [0.1, 0.15) is 36.5 Å². The molecule has 34 heavy (non-hydrogen) atoms. The highest BCUT2D eigenvalue weighted by atomic mass is 35.5. The number of halogens is 1. The topological polar surface area (TPSA) is 73.2 Å². The highest BCUT2D eigenvalue weighted by Crippen LogP contribution is 2.39. The van der Waals surface area contributed by atoms with Crippen LogP contribution in [-0.4, -0.2) is 11.8 Å². The molecule has 1 heterocycles. The second kappa shape index (κ2) is 10.4. The van der Waals surface area contributed by atoms with Gasteiger partial charge in [0, 0.05) is 16.3 Å². The van der Waals surface area contributed by atoms with Gasteiger partial charge in [-0.2, -0.15) is 5.26 Å². The number of nitrogens with one attached hydrogen (secondary N) is 1. The minimum atomic E-state index is -0.610. The van der Waals surface area contributed by atoms with E-state index in [9.17, 15) is 14.9 Å². The molecule has 0 spiro atoms. The number of fused-ring (bicyclic) bond motifs is 1. The summed E-state index contributed by atoms with van der Waals surface area (Å²) in [6, 6.07) is 24.0. The molecule has 0 bridgehead atoms. The molecule has 0 atom stereocenters. The van der Waals surface area contributed by atoms with Crippen molar-refractivity contribution in [2.24, 2.45) is 0 Å². The number of carbonyl (C=O) groups excluding carboxylic acids is 2. The second-order valence-corrected chi connectivity index (χ2v) is 8.52. The zero-order chi connectivity index (χ0) is 24.1. The van der Waals surface area contributed by atoms with Gasteiger partial charge in [0.1, 0.15) is 11.6 Å². The minimum absolute atomic E-state index is 0.0993. The van der Waals surface area contributed by atoms with Crippen LogP contribution in [0.3, 0.4) is 0 Å². The molecule has 3 aromatic carbocycles. The summed E-state index contributed by atoms with van der Waals surface area (Å²) in [4.78, 5) is 28.1. The third-order valence-corrected chi connectivity index (χ3v) is 6.20. The monoisotopic (exact) mass is 469 g/mol. The lowest BCUT2D eigenvalue weighted by atomic mass is 10.0. The summed E-state index contributed by atoms with van der Waals surface area (Å²) in [6.07, 6.45) is 3.19. The van der Waals surface area contributed by atoms with Gasteiger partial charge in [0.2, 0.25) is 0 Å². The largest absolute Gasteiger partial charge is 0.321 e. The minimum Gasteiger partial charge on any atom is -0.321 e. The number of nitrogens with zero attached hydrogens (tertiary/aromatic N) is 2. The van der Waals surface area contributed by atoms with Crippen molar-refractivity contribution in [1.82, 2.24) is 0 Å². The number of aryl methyl sites for hydroxylation is 1. The van der Waals surface area contributed by atoms with E-state index in [1.165, 1.54) is 5.56 Å². The molecule has 1 N–H and O–H groups in total. The van der Waals surface area contributed by atoms with E-state index in [2.05, 4.69) is 12.2 Å². The van der Waals surface area contributed by atoms with Gasteiger partial charge in [-0.05, 0) is 48.2 Å². The molecule has 0 fully saturated rings. The van der Waals surface area contributed by atoms with Gasteiger partial charge < -0.3 is 10.2 Å². The zero-order valence-corrected chi connectivity index (χ0v) is 19.6. The first-order valence-corrected chi connectivity index (χ1v) is 11.6. The van der Waals surface area contributed by atoms with Crippen LogP contribution < -0.4 is 10.2 Å². The van der Waals surface area contributed by atoms with Crippen LogP contribution in [0, 0.1) is 11.3 Å². The molecule has 0 saturated heterocycles. The van der Waals surface area contributed by atoms with Crippen molar-refractivity contribution in [1.29, 1.82) is 5.26 Å². The Morgan fingerprint density at radius 3 is 2.44 bits per heavy atom. The lowest BCUT2D eigenvalue weighted by Gasteiger charge is -2.18. The smallest absolute Gasteiger partial charge is 0.267 e. The molecule has 0 unspecified atom stereocenters. The zero-order valence-electron chi connectivity index (χ0n) is 18.8. The van der Waals surface area contributed by atoms with Crippen LogP contribution in [0.15, 0.2) is 78.4 Å². The van der Waals surface area contributed by atoms with Crippen LogP contribution in [0.4, 0.5) is 11.4 Å². The van der Waals surface area contributed by atoms with E-state index in [4.69, 9.17) is 11.6 Å². The Morgan fingerprint density at radius 1 is 1.03 bits per heavy atom. The first-order chi connectivity index (χ1) is 16.5. The summed E-state index contributed by atoms with van der Waals surface area (Å²) in [5.41, 5.74) is 3.62. The molecular formula is C28H24ClN3O2. The maximum Gasteiger partial charge on any atom is 0.267 e. The van der Waals surface area contributed by atoms with E-state index in [-0.39, 0.29) is 17.7 Å². The predicted octanol–water partition coefficient (Wildman–Crippen LogP) is 6.15. The van der Waals surface area contributed by atoms with Crippen molar-refractivity contribution in [3.05, 3.63) is 100 Å². The van der Waals surface area contributed by atoms with Crippen molar-refractivity contribution in [2.75, 3.05) is 10.2 Å². The first kappa shape index (κ1) is 23.3. The van der Waals surface area contributed by atoms with Crippen LogP contribution in [0.25, 0.3) is 5.57 Å². The molecule has 170 valence electrons. The summed E-state index contributed by atoms with van der Waals surface area (Å²) >= 11 is 6.32. The molecular weight excluding hydrogens is 446 g/mol. The highest BCUT2D eigenvalue weighted by Gasteiger charge is 2.36. The van der Waals surface area contributed by atoms with Crippen molar-refractivity contribution in [2.45, 2.75) is 32.7 Å². The normalized spacial score (nSPS) is 13.9. The Morgan fingerprint density at radius 2 is 1.74 bits per heavy atom. The number of hydrogen-bond acceptors (Lipinski definition) is 3. The van der Waals surface area contributed by atoms with E-state index < -0.39 is 11.8 Å². The Labute approximate surface area is 204 Å². The number of benzene rings is 3. The van der Waals surface area contributed by atoms with E-state index in [0.717, 1.165) is 24.8 Å². The number of rotatable bonds is 7. The number of para-hydroxylation sites is 1. The van der Waals surface area contributed by atoms with E-state index in [0.29, 0.717) is 22.0 Å². The molecule has 0 saturated carbocycles. The Hall–Kier alpha value is -3.88. The quantitative estimate of drug-likeness (QED) is 0.333. The van der Waals surface area contributed by atoms with Crippen LogP contribution in [0.5, 0.6) is 0 Å². The van der Waals surface area contributed by atoms with Crippen LogP contribution in [0.2, 0.25) is 5.02 Å². The predicted molar refractivity (Wildman–Crippen MR) is 135 cm³/mol. The van der Waals surface area contributed by atoms with Crippen LogP contribution >= 0.6 is 11.6 Å². The lowest BCUT2D eigenvalue weighted by molar-refractivity contribution is -0.114. The van der Waals surface area contributed by atoms with Crippen molar-refractivity contribution >= 4 is 40.4 Å². The van der Waals surface area contributed by atoms with E-state index >= 15 is 0 Å². The molecule has 0 radical (unpaired) electrons. The fraction of sp³-hybridized carbons (Fsp3) is 0.179. The third-order valence-electron chi connectivity index (χ3n) is 5.83. The fourth-order valence-electron chi connectivity index (χ4n) is 4.02. The molecule has 2 amide bonds. The number of hydrogen-bond donors (Lipinski definition) is 1. The first-order valence-electron chi connectivity index (χ1n) is 11.2. The van der Waals surface area contributed by atoms with E-state index in [1.54, 1.807) is 29.2 Å². The highest BCUT2D eigenvalue weighted by molar-refractivity contribution is 6.38. The molecule has 0 aromatic heterocycles. The molecule has 4 rings (SSSR count). The Bertz CT molecular complexity index is 1310. The van der Waals surface area contributed by atoms with Crippen LogP contribution in [-0.2, 0) is 22.6 Å². The average molecular weight is 470 g/mol. The van der Waals surface area contributed by atoms with Gasteiger partial charge in [0.05, 0.1) is 17.8 Å². The molecule has 0 aliphatic carbocycles. The number of amides is 2. The van der Waals surface area contributed by atoms with Gasteiger partial charge in [0.25, 0.3) is 11.8 Å². The average Bonchev–Trinajstić information content (AvgIpc) is 3.12. The maximum atomic E-state index is 13.5. The van der Waals surface area contributed by atoms with Crippen molar-refractivity contribution in [3.63, 3.8) is 0 Å². The Balaban J connectivity index is 1.65. The van der Waals surface area contributed by atoms with Gasteiger partial charge in [-0.25, -0.2) is 0 Å². The summed E-state index contributed by atoms with van der Waals surface area (Å²) in [5, 5.41) is 13.2. The fourth-order valence-corrected chi connectivity index (χ4v) is 4.22. The summed E-state index contributed by atoms with van der Waals surface area (Å²) in [6.45, 7) is 2.38. The summed E-state index contributed by atoms with van der Waals surface area (Å²) in [5.74, 6) is -1.01. The van der Waals surface area contributed by atoms with Crippen molar-refractivity contribution < 1.29 is 9.59 Å². The summed E-state index contributed by atoms with van der Waals surface area (Å²) in [7, 11) is 0. The maximum absolute atomic E-state index is 13.5. The molecule has 6 heteroatoms. The number of unbranched alkanes of at least 4 members (excludes halogenated alkanes) is 1. The van der Waals surface area contributed by atoms with Gasteiger partial charge >= 0.3 is 0 Å². The van der Waals surface area contributed by atoms with Gasteiger partial charge in [-0.3, -0.25) is 9.59 Å². The van der Waals surface area contributed by atoms with E-state index in [1.807, 2.05) is 54.6 Å². The number of carbonyl (C=O) groups is 2.